The molecule has 0 bridgehead atoms. The summed E-state index contributed by atoms with van der Waals surface area (Å²) in [6.45, 7) is 3.43. The lowest BCUT2D eigenvalue weighted by Gasteiger charge is -2.21. The summed E-state index contributed by atoms with van der Waals surface area (Å²) in [4.78, 5) is 11.0. The number of carboxylic acids is 1. The van der Waals surface area contributed by atoms with Gasteiger partial charge in [-0.3, -0.25) is 4.79 Å². The molecule has 0 aliphatic rings. The van der Waals surface area contributed by atoms with Crippen LogP contribution in [0.25, 0.3) is 0 Å². The van der Waals surface area contributed by atoms with Crippen molar-refractivity contribution in [3.63, 3.8) is 0 Å². The highest BCUT2D eigenvalue weighted by atomic mass is 35.5. The summed E-state index contributed by atoms with van der Waals surface area (Å²) in [5, 5.41) is 9.14. The predicted octanol–water partition coefficient (Wildman–Crippen LogP) is 2.13. The fourth-order valence-corrected chi connectivity index (χ4v) is 3.75. The maximum atomic E-state index is 12.5. The van der Waals surface area contributed by atoms with Gasteiger partial charge in [-0.2, -0.15) is 4.72 Å². The maximum absolute atomic E-state index is 12.5. The summed E-state index contributed by atoms with van der Waals surface area (Å²) >= 11 is 6.00. The Morgan fingerprint density at radius 3 is 2.26 bits per heavy atom. The van der Waals surface area contributed by atoms with Crippen LogP contribution >= 0.6 is 11.6 Å². The van der Waals surface area contributed by atoms with Crippen LogP contribution in [0.2, 0.25) is 5.02 Å². The number of aliphatic carboxylic acids is 1. The van der Waals surface area contributed by atoms with E-state index in [0.717, 1.165) is 0 Å². The van der Waals surface area contributed by atoms with Crippen LogP contribution < -0.4 is 14.2 Å². The van der Waals surface area contributed by atoms with Gasteiger partial charge in [0.05, 0.1) is 19.2 Å². The van der Waals surface area contributed by atoms with Gasteiger partial charge in [-0.1, -0.05) is 31.9 Å². The molecule has 2 N–H and O–H groups in total. The number of ether oxygens (including phenoxy) is 2. The number of hydrogen-bond donors (Lipinski definition) is 2. The summed E-state index contributed by atoms with van der Waals surface area (Å²) in [5.74, 6) is -1.19. The SMILES string of the molecule is CC[C@H](C)[C@H](NS(=O)(=O)c1cc(OC)c(OC)cc1Cl)C(=O)O. The highest BCUT2D eigenvalue weighted by Gasteiger charge is 2.31. The first-order chi connectivity index (χ1) is 10.7. The molecule has 0 unspecified atom stereocenters. The van der Waals surface area contributed by atoms with Crippen LogP contribution in [0.3, 0.4) is 0 Å². The average Bonchev–Trinajstić information content (AvgIpc) is 2.50. The van der Waals surface area contributed by atoms with E-state index in [-0.39, 0.29) is 27.3 Å². The average molecular weight is 366 g/mol. The van der Waals surface area contributed by atoms with Crippen LogP contribution in [-0.4, -0.2) is 39.8 Å². The molecule has 0 aromatic heterocycles. The summed E-state index contributed by atoms with van der Waals surface area (Å²) < 4.78 is 37.3. The second-order valence-electron chi connectivity index (χ2n) is 4.96. The Hall–Kier alpha value is -1.51. The summed E-state index contributed by atoms with van der Waals surface area (Å²) in [6.07, 6.45) is 0.499. The monoisotopic (exact) mass is 365 g/mol. The summed E-state index contributed by atoms with van der Waals surface area (Å²) in [7, 11) is -1.40. The topological polar surface area (TPSA) is 102 Å². The lowest BCUT2D eigenvalue weighted by Crippen LogP contribution is -2.44. The Labute approximate surface area is 140 Å². The van der Waals surface area contributed by atoms with Crippen LogP contribution in [0.4, 0.5) is 0 Å². The third-order valence-electron chi connectivity index (χ3n) is 3.49. The minimum Gasteiger partial charge on any atom is -0.493 e. The molecular formula is C14H20ClNO6S. The zero-order valence-electron chi connectivity index (χ0n) is 13.3. The van der Waals surface area contributed by atoms with E-state index in [9.17, 15) is 18.3 Å². The first-order valence-corrected chi connectivity index (χ1v) is 8.70. The van der Waals surface area contributed by atoms with Crippen LogP contribution in [0, 0.1) is 5.92 Å². The van der Waals surface area contributed by atoms with E-state index in [1.54, 1.807) is 13.8 Å². The fourth-order valence-electron chi connectivity index (χ4n) is 1.92. The van der Waals surface area contributed by atoms with Gasteiger partial charge in [-0.25, -0.2) is 8.42 Å². The van der Waals surface area contributed by atoms with Gasteiger partial charge in [0.15, 0.2) is 11.5 Å². The third-order valence-corrected chi connectivity index (χ3v) is 5.39. The largest absolute Gasteiger partial charge is 0.493 e. The second kappa shape index (κ2) is 7.85. The summed E-state index contributed by atoms with van der Waals surface area (Å²) in [6, 6.07) is 1.24. The molecule has 0 heterocycles. The number of rotatable bonds is 8. The van der Waals surface area contributed by atoms with Gasteiger partial charge in [0.25, 0.3) is 0 Å². The Bertz CT molecular complexity index is 676. The van der Waals surface area contributed by atoms with Crippen molar-refractivity contribution in [3.8, 4) is 11.5 Å². The molecule has 1 aromatic carbocycles. The third kappa shape index (κ3) is 4.49. The molecule has 9 heteroatoms. The molecule has 0 amide bonds. The van der Waals surface area contributed by atoms with Gasteiger partial charge in [0.1, 0.15) is 10.9 Å². The number of nitrogens with one attached hydrogen (secondary N) is 1. The number of carbonyl (C=O) groups is 1. The van der Waals surface area contributed by atoms with Crippen LogP contribution in [-0.2, 0) is 14.8 Å². The lowest BCUT2D eigenvalue weighted by atomic mass is 10.0. The number of carboxylic acid groups (broad SMARTS) is 1. The molecule has 1 rings (SSSR count). The molecule has 0 spiro atoms. The van der Waals surface area contributed by atoms with Gasteiger partial charge in [-0.15, -0.1) is 0 Å². The molecule has 0 aliphatic heterocycles. The summed E-state index contributed by atoms with van der Waals surface area (Å²) in [5.41, 5.74) is 0. The Balaban J connectivity index is 3.30. The molecule has 0 saturated heterocycles. The number of benzene rings is 1. The minimum absolute atomic E-state index is 0.0940. The zero-order chi connectivity index (χ0) is 17.8. The van der Waals surface area contributed by atoms with Crippen molar-refractivity contribution in [2.45, 2.75) is 31.2 Å². The first kappa shape index (κ1) is 19.5. The predicted molar refractivity (Wildman–Crippen MR) is 85.8 cm³/mol. The standard InChI is InChI=1S/C14H20ClNO6S/c1-5-8(2)13(14(17)18)16-23(19,20)12-7-11(22-4)10(21-3)6-9(12)15/h6-8,13,16H,5H2,1-4H3,(H,17,18)/t8-,13-/m0/s1. The van der Waals surface area contributed by atoms with Crippen molar-refractivity contribution >= 4 is 27.6 Å². The molecule has 0 saturated carbocycles. The van der Waals surface area contributed by atoms with E-state index in [2.05, 4.69) is 4.72 Å². The number of sulfonamides is 1. The molecule has 130 valence electrons. The molecule has 0 radical (unpaired) electrons. The smallest absolute Gasteiger partial charge is 0.322 e. The lowest BCUT2D eigenvalue weighted by molar-refractivity contribution is -0.140. The van der Waals surface area contributed by atoms with Crippen molar-refractivity contribution in [3.05, 3.63) is 17.2 Å². The van der Waals surface area contributed by atoms with Crippen LogP contribution in [0.5, 0.6) is 11.5 Å². The highest BCUT2D eigenvalue weighted by molar-refractivity contribution is 7.89. The number of hydrogen-bond acceptors (Lipinski definition) is 5. The van der Waals surface area contributed by atoms with Crippen LogP contribution in [0.1, 0.15) is 20.3 Å². The highest BCUT2D eigenvalue weighted by Crippen LogP contribution is 2.35. The van der Waals surface area contributed by atoms with Gasteiger partial charge in [-0.05, 0) is 5.92 Å². The van der Waals surface area contributed by atoms with E-state index in [0.29, 0.717) is 6.42 Å². The van der Waals surface area contributed by atoms with E-state index in [1.165, 1.54) is 26.4 Å². The molecule has 1 aromatic rings. The van der Waals surface area contributed by atoms with Gasteiger partial charge in [0.2, 0.25) is 10.0 Å². The van der Waals surface area contributed by atoms with Gasteiger partial charge < -0.3 is 14.6 Å². The first-order valence-electron chi connectivity index (χ1n) is 6.84. The molecular weight excluding hydrogens is 346 g/mol. The Morgan fingerprint density at radius 1 is 1.30 bits per heavy atom. The Kier molecular flexibility index (Phi) is 6.67. The Morgan fingerprint density at radius 2 is 1.83 bits per heavy atom. The van der Waals surface area contributed by atoms with Crippen molar-refractivity contribution in [1.29, 1.82) is 0 Å². The van der Waals surface area contributed by atoms with Crippen molar-refractivity contribution < 1.29 is 27.8 Å². The molecule has 23 heavy (non-hydrogen) atoms. The van der Waals surface area contributed by atoms with Crippen molar-refractivity contribution in [1.82, 2.24) is 4.72 Å². The van der Waals surface area contributed by atoms with E-state index < -0.39 is 22.0 Å². The molecule has 0 fully saturated rings. The van der Waals surface area contributed by atoms with Gasteiger partial charge >= 0.3 is 5.97 Å². The molecule has 2 atom stereocenters. The normalized spacial score (nSPS) is 14.1. The van der Waals surface area contributed by atoms with E-state index >= 15 is 0 Å². The van der Waals surface area contributed by atoms with Crippen LogP contribution in [0.15, 0.2) is 17.0 Å². The molecule has 0 aliphatic carbocycles. The van der Waals surface area contributed by atoms with E-state index in [4.69, 9.17) is 21.1 Å². The number of halogens is 1. The maximum Gasteiger partial charge on any atom is 0.322 e. The quantitative estimate of drug-likeness (QED) is 0.731. The van der Waals surface area contributed by atoms with Crippen molar-refractivity contribution in [2.24, 2.45) is 5.92 Å². The molecule has 7 nitrogen and oxygen atoms in total. The fraction of sp³-hybridized carbons (Fsp3) is 0.500. The number of methoxy groups -OCH3 is 2. The zero-order valence-corrected chi connectivity index (χ0v) is 14.9. The second-order valence-corrected chi connectivity index (χ2v) is 7.05. The minimum atomic E-state index is -4.15. The van der Waals surface area contributed by atoms with E-state index in [1.807, 2.05) is 0 Å². The van der Waals surface area contributed by atoms with Crippen molar-refractivity contribution in [2.75, 3.05) is 14.2 Å². The van der Waals surface area contributed by atoms with Gasteiger partial charge in [0, 0.05) is 12.1 Å².